The van der Waals surface area contributed by atoms with Gasteiger partial charge in [0.15, 0.2) is 0 Å². The van der Waals surface area contributed by atoms with E-state index in [0.29, 0.717) is 23.7 Å². The van der Waals surface area contributed by atoms with Crippen molar-refractivity contribution in [3.05, 3.63) is 23.3 Å². The minimum absolute atomic E-state index is 0.155. The average Bonchev–Trinajstić information content (AvgIpc) is 2.97. The van der Waals surface area contributed by atoms with Gasteiger partial charge in [-0.25, -0.2) is 9.59 Å². The van der Waals surface area contributed by atoms with Crippen molar-refractivity contribution < 1.29 is 19.4 Å². The number of carbonyl (C=O) groups is 2. The summed E-state index contributed by atoms with van der Waals surface area (Å²) in [5.74, 6) is -0.899. The van der Waals surface area contributed by atoms with Crippen molar-refractivity contribution in [1.82, 2.24) is 9.80 Å². The molecule has 0 spiro atoms. The molecule has 6 heteroatoms. The fourth-order valence-corrected chi connectivity index (χ4v) is 4.71. The average molecular weight is 348 g/mol. The molecular weight excluding hydrogens is 320 g/mol. The van der Waals surface area contributed by atoms with E-state index in [4.69, 9.17) is 9.84 Å². The zero-order valence-corrected chi connectivity index (χ0v) is 15.3. The highest BCUT2D eigenvalue weighted by atomic mass is 16.5. The van der Waals surface area contributed by atoms with Crippen molar-refractivity contribution in [1.29, 1.82) is 0 Å². The van der Waals surface area contributed by atoms with E-state index >= 15 is 0 Å². The number of carbonyl (C=O) groups excluding carboxylic acids is 1. The second-order valence-corrected chi connectivity index (χ2v) is 7.41. The van der Waals surface area contributed by atoms with Crippen molar-refractivity contribution in [3.8, 4) is 0 Å². The van der Waals surface area contributed by atoms with E-state index in [-0.39, 0.29) is 12.0 Å². The summed E-state index contributed by atoms with van der Waals surface area (Å²) >= 11 is 0. The highest BCUT2D eigenvalue weighted by Gasteiger charge is 2.39. The van der Waals surface area contributed by atoms with E-state index in [1.807, 2.05) is 19.2 Å². The molecule has 2 saturated heterocycles. The van der Waals surface area contributed by atoms with E-state index in [2.05, 4.69) is 16.8 Å². The zero-order valence-electron chi connectivity index (χ0n) is 15.3. The zero-order chi connectivity index (χ0) is 18.1. The molecule has 4 rings (SSSR count). The van der Waals surface area contributed by atoms with Gasteiger partial charge >= 0.3 is 11.9 Å². The molecule has 2 unspecified atom stereocenters. The number of hydrogen-bond donors (Lipinski definition) is 1. The number of likely N-dealkylation sites (N-methyl/N-ethyl adjacent to an activating group) is 2. The molecule has 0 aliphatic carbocycles. The van der Waals surface area contributed by atoms with E-state index in [1.165, 1.54) is 13.5 Å². The summed E-state index contributed by atoms with van der Waals surface area (Å²) in [5, 5.41) is 8.88. The Morgan fingerprint density at radius 1 is 0.960 bits per heavy atom. The van der Waals surface area contributed by atoms with Crippen molar-refractivity contribution in [3.63, 3.8) is 0 Å². The predicted octanol–water partition coefficient (Wildman–Crippen LogP) is 1.82. The first-order chi connectivity index (χ1) is 11.9. The molecule has 4 aliphatic rings. The molecule has 4 heterocycles. The Morgan fingerprint density at radius 2 is 1.44 bits per heavy atom. The highest BCUT2D eigenvalue weighted by Crippen LogP contribution is 2.35. The number of hydrogen-bond acceptors (Lipinski definition) is 5. The maximum atomic E-state index is 11.4. The fraction of sp³-hybridized carbons (Fsp3) is 0.684. The third kappa shape index (κ3) is 3.37. The van der Waals surface area contributed by atoms with Crippen molar-refractivity contribution in [2.45, 2.75) is 62.7 Å². The van der Waals surface area contributed by atoms with E-state index in [0.717, 1.165) is 37.7 Å². The lowest BCUT2D eigenvalue weighted by molar-refractivity contribution is -0.137. The molecule has 4 bridgehead atoms. The molecule has 0 saturated carbocycles. The summed E-state index contributed by atoms with van der Waals surface area (Å²) in [6, 6.07) is 1.74. The number of esters is 1. The lowest BCUT2D eigenvalue weighted by Crippen LogP contribution is -2.38. The van der Waals surface area contributed by atoms with Gasteiger partial charge in [-0.15, -0.1) is 0 Å². The Balaban J connectivity index is 0.000000146. The second kappa shape index (κ2) is 7.30. The Kier molecular flexibility index (Phi) is 5.29. The monoisotopic (exact) mass is 348 g/mol. The van der Waals surface area contributed by atoms with Crippen LogP contribution in [0.4, 0.5) is 0 Å². The van der Waals surface area contributed by atoms with E-state index < -0.39 is 5.97 Å². The van der Waals surface area contributed by atoms with Crippen LogP contribution in [0.2, 0.25) is 0 Å². The highest BCUT2D eigenvalue weighted by molar-refractivity contribution is 5.90. The van der Waals surface area contributed by atoms with Crippen LogP contribution in [0, 0.1) is 0 Å². The first-order valence-corrected chi connectivity index (χ1v) is 9.09. The summed E-state index contributed by atoms with van der Waals surface area (Å²) in [5.41, 5.74) is 1.46. The van der Waals surface area contributed by atoms with Crippen LogP contribution in [0.3, 0.4) is 0 Å². The summed E-state index contributed by atoms with van der Waals surface area (Å²) in [7, 11) is 5.57. The summed E-state index contributed by atoms with van der Waals surface area (Å²) in [6.07, 6.45) is 10.3. The molecule has 4 atom stereocenters. The molecule has 0 amide bonds. The Hall–Kier alpha value is -1.66. The number of ether oxygens (including phenoxy) is 1. The molecule has 0 radical (unpaired) electrons. The quantitative estimate of drug-likeness (QED) is 0.768. The summed E-state index contributed by atoms with van der Waals surface area (Å²) < 4.78 is 4.75. The standard InChI is InChI=1S/C10H15NO2.C9H13NO2/c1-11-7-3-5-8(10(12)13-2)9(11)6-4-7;1-10-6-2-4-7(9(11)12)8(10)5-3-6/h5,7,9H,3-4,6H2,1-2H3;4,6,8H,2-3,5H2,1H3,(H,11,12)/t7-,9?;6-,8?/m00/s1. The minimum atomic E-state index is -0.743. The second-order valence-electron chi connectivity index (χ2n) is 7.41. The topological polar surface area (TPSA) is 70.1 Å². The number of methoxy groups -OCH3 is 1. The van der Waals surface area contributed by atoms with Crippen molar-refractivity contribution in [2.75, 3.05) is 21.2 Å². The number of carboxylic acid groups (broad SMARTS) is 1. The molecule has 6 nitrogen and oxygen atoms in total. The van der Waals surface area contributed by atoms with E-state index in [1.54, 1.807) is 0 Å². The van der Waals surface area contributed by atoms with Crippen molar-refractivity contribution in [2.24, 2.45) is 0 Å². The molecule has 0 aromatic carbocycles. The van der Waals surface area contributed by atoms with Gasteiger partial charge in [0.05, 0.1) is 18.3 Å². The van der Waals surface area contributed by atoms with Crippen molar-refractivity contribution >= 4 is 11.9 Å². The van der Waals surface area contributed by atoms with Crippen LogP contribution >= 0.6 is 0 Å². The van der Waals surface area contributed by atoms with Crippen LogP contribution in [0.25, 0.3) is 0 Å². The molecule has 1 N–H and O–H groups in total. The number of fused-ring (bicyclic) bond motifs is 4. The van der Waals surface area contributed by atoms with Gasteiger partial charge < -0.3 is 9.84 Å². The van der Waals surface area contributed by atoms with Crippen LogP contribution < -0.4 is 0 Å². The lowest BCUT2D eigenvalue weighted by Gasteiger charge is -2.30. The number of aliphatic carboxylic acids is 1. The van der Waals surface area contributed by atoms with Gasteiger partial charge in [-0.2, -0.15) is 0 Å². The van der Waals surface area contributed by atoms with Gasteiger partial charge in [0.1, 0.15) is 0 Å². The summed E-state index contributed by atoms with van der Waals surface area (Å²) in [4.78, 5) is 26.7. The SMILES string of the molecule is CN1C2CC[C@@H]1CC=C2C(=O)O.COC(=O)C1=CC[C@H]2CCC1N2C. The molecule has 0 aromatic heterocycles. The van der Waals surface area contributed by atoms with Crippen LogP contribution in [0.1, 0.15) is 38.5 Å². The van der Waals surface area contributed by atoms with Crippen LogP contribution in [0.5, 0.6) is 0 Å². The maximum absolute atomic E-state index is 11.4. The molecule has 138 valence electrons. The maximum Gasteiger partial charge on any atom is 0.335 e. The van der Waals surface area contributed by atoms with Gasteiger partial charge in [0, 0.05) is 24.2 Å². The summed E-state index contributed by atoms with van der Waals surface area (Å²) in [6.45, 7) is 0. The van der Waals surface area contributed by atoms with E-state index in [9.17, 15) is 9.59 Å². The minimum Gasteiger partial charge on any atom is -0.478 e. The van der Waals surface area contributed by atoms with Crippen LogP contribution in [-0.4, -0.2) is 72.2 Å². The Bertz CT molecular complexity index is 613. The largest absolute Gasteiger partial charge is 0.478 e. The number of nitrogens with zero attached hydrogens (tertiary/aromatic N) is 2. The predicted molar refractivity (Wildman–Crippen MR) is 94.2 cm³/mol. The first kappa shape index (κ1) is 18.1. The van der Waals surface area contributed by atoms with Gasteiger partial charge in [-0.1, -0.05) is 12.2 Å². The van der Waals surface area contributed by atoms with Crippen LogP contribution in [0.15, 0.2) is 23.3 Å². The van der Waals surface area contributed by atoms with Gasteiger partial charge in [-0.3, -0.25) is 9.80 Å². The van der Waals surface area contributed by atoms with Gasteiger partial charge in [-0.05, 0) is 52.6 Å². The molecule has 25 heavy (non-hydrogen) atoms. The smallest absolute Gasteiger partial charge is 0.335 e. The number of carboxylic acids is 1. The molecular formula is C19H28N2O4. The molecule has 4 aliphatic heterocycles. The first-order valence-electron chi connectivity index (χ1n) is 9.09. The van der Waals surface area contributed by atoms with Gasteiger partial charge in [0.25, 0.3) is 0 Å². The lowest BCUT2D eigenvalue weighted by atomic mass is 10.0. The molecule has 0 aromatic rings. The Labute approximate surface area is 149 Å². The third-order valence-electron chi connectivity index (χ3n) is 6.29. The molecule has 2 fully saturated rings. The fourth-order valence-electron chi connectivity index (χ4n) is 4.71. The number of rotatable bonds is 2. The third-order valence-corrected chi connectivity index (χ3v) is 6.29. The van der Waals surface area contributed by atoms with Crippen LogP contribution in [-0.2, 0) is 14.3 Å². The Morgan fingerprint density at radius 3 is 1.92 bits per heavy atom. The van der Waals surface area contributed by atoms with Gasteiger partial charge in [0.2, 0.25) is 0 Å². The normalized spacial score (nSPS) is 33.9.